The van der Waals surface area contributed by atoms with Crippen molar-refractivity contribution in [3.63, 3.8) is 0 Å². The summed E-state index contributed by atoms with van der Waals surface area (Å²) in [4.78, 5) is 14.2. The van der Waals surface area contributed by atoms with Crippen LogP contribution in [0.2, 0.25) is 0 Å². The third kappa shape index (κ3) is 6.07. The van der Waals surface area contributed by atoms with Gasteiger partial charge in [-0.05, 0) is 56.3 Å². The van der Waals surface area contributed by atoms with Crippen LogP contribution >= 0.6 is 0 Å². The number of alkyl halides is 3. The van der Waals surface area contributed by atoms with Gasteiger partial charge in [0.15, 0.2) is 17.3 Å². The summed E-state index contributed by atoms with van der Waals surface area (Å²) in [7, 11) is 1.46. The molecule has 172 valence electrons. The van der Waals surface area contributed by atoms with Crippen LogP contribution in [0.1, 0.15) is 13.8 Å². The first-order valence-corrected chi connectivity index (χ1v) is 9.54. The molecular formula is C22H22F3NO6. The van der Waals surface area contributed by atoms with Gasteiger partial charge in [-0.25, -0.2) is 0 Å². The van der Waals surface area contributed by atoms with Gasteiger partial charge >= 0.3 is 6.36 Å². The lowest BCUT2D eigenvalue weighted by Crippen LogP contribution is -2.28. The Labute approximate surface area is 182 Å². The van der Waals surface area contributed by atoms with Crippen molar-refractivity contribution in [2.75, 3.05) is 25.2 Å². The molecule has 0 spiro atoms. The number of benzene rings is 2. The molecule has 10 heteroatoms. The van der Waals surface area contributed by atoms with Crippen LogP contribution in [0.5, 0.6) is 23.0 Å². The number of carbonyl (C=O) groups excluding carboxylic acids is 1. The largest absolute Gasteiger partial charge is 0.573 e. The number of rotatable bonds is 8. The Morgan fingerprint density at radius 3 is 2.28 bits per heavy atom. The number of amides is 1. The zero-order valence-electron chi connectivity index (χ0n) is 17.6. The van der Waals surface area contributed by atoms with Crippen LogP contribution in [0.4, 0.5) is 18.9 Å². The Balaban J connectivity index is 1.67. The van der Waals surface area contributed by atoms with Gasteiger partial charge in [-0.15, -0.1) is 13.2 Å². The maximum Gasteiger partial charge on any atom is 0.573 e. The Morgan fingerprint density at radius 2 is 1.69 bits per heavy atom. The fourth-order valence-electron chi connectivity index (χ4n) is 2.82. The maximum atomic E-state index is 12.8. The molecular weight excluding hydrogens is 431 g/mol. The van der Waals surface area contributed by atoms with Gasteiger partial charge in [-0.2, -0.15) is 0 Å². The van der Waals surface area contributed by atoms with Crippen LogP contribution in [0, 0.1) is 0 Å². The van der Waals surface area contributed by atoms with Gasteiger partial charge in [0.1, 0.15) is 18.1 Å². The summed E-state index contributed by atoms with van der Waals surface area (Å²) < 4.78 is 57.0. The minimum absolute atomic E-state index is 0.0378. The monoisotopic (exact) mass is 453 g/mol. The van der Waals surface area contributed by atoms with Crippen molar-refractivity contribution in [1.82, 2.24) is 0 Å². The number of aliphatic hydroxyl groups is 1. The van der Waals surface area contributed by atoms with Gasteiger partial charge in [0.25, 0.3) is 5.91 Å². The molecule has 0 saturated heterocycles. The van der Waals surface area contributed by atoms with Crippen LogP contribution in [0.15, 0.2) is 54.3 Å². The molecule has 0 unspecified atom stereocenters. The Kier molecular flexibility index (Phi) is 6.54. The van der Waals surface area contributed by atoms with Crippen LogP contribution < -0.4 is 23.8 Å². The van der Waals surface area contributed by atoms with Crippen molar-refractivity contribution in [3.05, 3.63) is 54.3 Å². The number of ether oxygens (including phenoxy) is 4. The summed E-state index contributed by atoms with van der Waals surface area (Å²) in [6.07, 6.45) is -3.23. The third-order valence-corrected chi connectivity index (χ3v) is 4.24. The molecule has 3 rings (SSSR count). The number of carbonyl (C=O) groups is 1. The van der Waals surface area contributed by atoms with Crippen molar-refractivity contribution < 1.29 is 42.0 Å². The number of halogens is 3. The van der Waals surface area contributed by atoms with Crippen LogP contribution in [0.25, 0.3) is 0 Å². The molecule has 7 nitrogen and oxygen atoms in total. The van der Waals surface area contributed by atoms with Crippen molar-refractivity contribution >= 4 is 11.6 Å². The van der Waals surface area contributed by atoms with Gasteiger partial charge < -0.3 is 29.0 Å². The molecule has 1 aliphatic heterocycles. The molecule has 0 bridgehead atoms. The van der Waals surface area contributed by atoms with E-state index in [4.69, 9.17) is 14.2 Å². The quantitative estimate of drug-likeness (QED) is 0.650. The molecule has 2 aromatic carbocycles. The van der Waals surface area contributed by atoms with E-state index in [1.165, 1.54) is 24.1 Å². The fourth-order valence-corrected chi connectivity index (χ4v) is 2.82. The Morgan fingerprint density at radius 1 is 1.03 bits per heavy atom. The molecule has 0 aliphatic carbocycles. The first-order chi connectivity index (χ1) is 14.9. The smallest absolute Gasteiger partial charge is 0.493 e. The highest BCUT2D eigenvalue weighted by Crippen LogP contribution is 2.34. The van der Waals surface area contributed by atoms with Crippen molar-refractivity contribution in [2.45, 2.75) is 25.8 Å². The molecule has 32 heavy (non-hydrogen) atoms. The first-order valence-electron chi connectivity index (χ1n) is 9.54. The normalized spacial score (nSPS) is 14.3. The average Bonchev–Trinajstić information content (AvgIpc) is 3.06. The molecule has 2 aromatic rings. The molecule has 0 radical (unpaired) electrons. The van der Waals surface area contributed by atoms with Crippen LogP contribution in [0.3, 0.4) is 0 Å². The molecule has 1 aliphatic rings. The average molecular weight is 453 g/mol. The fraction of sp³-hybridized carbons (Fsp3) is 0.318. The number of nitrogens with zero attached hydrogens (tertiary/aromatic N) is 1. The highest BCUT2D eigenvalue weighted by molar-refractivity contribution is 6.07. The van der Waals surface area contributed by atoms with Gasteiger partial charge in [-0.1, -0.05) is 0 Å². The lowest BCUT2D eigenvalue weighted by atomic mass is 10.2. The molecule has 0 aromatic heterocycles. The summed E-state index contributed by atoms with van der Waals surface area (Å²) in [6.45, 7) is 3.51. The van der Waals surface area contributed by atoms with E-state index in [0.29, 0.717) is 17.2 Å². The standard InChI is InChI=1S/C22H22F3NO6/c1-21(2,28)13-30-17-9-4-14(12-19(17)29-3)26-11-10-18(20(26)27)31-15-5-7-16(8-6-15)32-22(23,24)25/h4-10,12,28H,11,13H2,1-3H3. The van der Waals surface area contributed by atoms with E-state index >= 15 is 0 Å². The molecule has 1 heterocycles. The van der Waals surface area contributed by atoms with E-state index in [1.54, 1.807) is 38.1 Å². The number of methoxy groups -OCH3 is 1. The molecule has 0 fully saturated rings. The zero-order valence-corrected chi connectivity index (χ0v) is 17.6. The number of anilines is 1. The topological polar surface area (TPSA) is 77.5 Å². The second kappa shape index (κ2) is 8.99. The highest BCUT2D eigenvalue weighted by atomic mass is 19.4. The summed E-state index contributed by atoms with van der Waals surface area (Å²) in [6, 6.07) is 9.66. The minimum atomic E-state index is -4.79. The molecule has 1 amide bonds. The number of hydrogen-bond donors (Lipinski definition) is 1. The highest BCUT2D eigenvalue weighted by Gasteiger charge is 2.31. The lowest BCUT2D eigenvalue weighted by molar-refractivity contribution is -0.274. The lowest BCUT2D eigenvalue weighted by Gasteiger charge is -2.21. The summed E-state index contributed by atoms with van der Waals surface area (Å²) in [5.41, 5.74) is -0.492. The number of hydrogen-bond acceptors (Lipinski definition) is 6. The zero-order chi connectivity index (χ0) is 23.5. The van der Waals surface area contributed by atoms with Gasteiger partial charge in [0.05, 0.1) is 12.7 Å². The third-order valence-electron chi connectivity index (χ3n) is 4.24. The molecule has 1 N–H and O–H groups in total. The van der Waals surface area contributed by atoms with E-state index in [1.807, 2.05) is 0 Å². The van der Waals surface area contributed by atoms with E-state index in [-0.39, 0.29) is 24.7 Å². The van der Waals surface area contributed by atoms with Crippen molar-refractivity contribution in [2.24, 2.45) is 0 Å². The maximum absolute atomic E-state index is 12.8. The van der Waals surface area contributed by atoms with E-state index in [9.17, 15) is 23.1 Å². The predicted octanol–water partition coefficient (Wildman–Crippen LogP) is 4.05. The summed E-state index contributed by atoms with van der Waals surface area (Å²) in [5.74, 6) is 0.208. The summed E-state index contributed by atoms with van der Waals surface area (Å²) >= 11 is 0. The Bertz CT molecular complexity index is 996. The van der Waals surface area contributed by atoms with Gasteiger partial charge in [-0.3, -0.25) is 4.79 Å². The molecule has 0 saturated carbocycles. The van der Waals surface area contributed by atoms with Crippen LogP contribution in [-0.2, 0) is 4.79 Å². The van der Waals surface area contributed by atoms with Gasteiger partial charge in [0.2, 0.25) is 0 Å². The van der Waals surface area contributed by atoms with Crippen LogP contribution in [-0.4, -0.2) is 43.2 Å². The SMILES string of the molecule is COc1cc(N2CC=C(Oc3ccc(OC(F)(F)F)cc3)C2=O)ccc1OCC(C)(C)O. The second-order valence-electron chi connectivity index (χ2n) is 7.54. The van der Waals surface area contributed by atoms with Crippen molar-refractivity contribution in [1.29, 1.82) is 0 Å². The Hall–Kier alpha value is -3.40. The summed E-state index contributed by atoms with van der Waals surface area (Å²) in [5, 5.41) is 9.82. The minimum Gasteiger partial charge on any atom is -0.493 e. The van der Waals surface area contributed by atoms with Crippen molar-refractivity contribution in [3.8, 4) is 23.0 Å². The van der Waals surface area contributed by atoms with E-state index in [0.717, 1.165) is 12.1 Å². The molecule has 0 atom stereocenters. The van der Waals surface area contributed by atoms with E-state index < -0.39 is 23.6 Å². The van der Waals surface area contributed by atoms with E-state index in [2.05, 4.69) is 4.74 Å². The first kappa shape index (κ1) is 23.3. The predicted molar refractivity (Wildman–Crippen MR) is 109 cm³/mol. The van der Waals surface area contributed by atoms with Gasteiger partial charge in [0, 0.05) is 18.3 Å². The second-order valence-corrected chi connectivity index (χ2v) is 7.54.